The van der Waals surface area contributed by atoms with E-state index in [0.717, 1.165) is 11.1 Å². The molecule has 2 N–H and O–H groups in total. The van der Waals surface area contributed by atoms with Crippen LogP contribution in [0.4, 0.5) is 0 Å². The largest absolute Gasteiger partial charge is 0.481 e. The first-order valence-corrected chi connectivity index (χ1v) is 10.9. The van der Waals surface area contributed by atoms with E-state index in [1.54, 1.807) is 43.3 Å². The van der Waals surface area contributed by atoms with E-state index >= 15 is 0 Å². The van der Waals surface area contributed by atoms with E-state index in [2.05, 4.69) is 6.58 Å². The Kier molecular flexibility index (Phi) is 9.04. The third-order valence-electron chi connectivity index (χ3n) is 5.31. The zero-order valence-electron chi connectivity index (χ0n) is 19.7. The predicted molar refractivity (Wildman–Crippen MR) is 127 cm³/mol. The Labute approximate surface area is 199 Å². The molecule has 0 fully saturated rings. The molecule has 0 aliphatic rings. The molecule has 0 radical (unpaired) electrons. The highest BCUT2D eigenvalue weighted by atomic mass is 16.5. The van der Waals surface area contributed by atoms with E-state index in [-0.39, 0.29) is 31.1 Å². The first kappa shape index (κ1) is 26.7. The second-order valence-electron chi connectivity index (χ2n) is 8.70. The summed E-state index contributed by atoms with van der Waals surface area (Å²) in [5.74, 6) is -2.42. The lowest BCUT2D eigenvalue weighted by molar-refractivity contribution is -0.147. The van der Waals surface area contributed by atoms with Gasteiger partial charge in [-0.3, -0.25) is 19.2 Å². The maximum absolute atomic E-state index is 12.3. The highest BCUT2D eigenvalue weighted by Gasteiger charge is 2.25. The summed E-state index contributed by atoms with van der Waals surface area (Å²) in [7, 11) is 0. The van der Waals surface area contributed by atoms with Crippen LogP contribution in [0.3, 0.4) is 0 Å². The third kappa shape index (κ3) is 7.49. The summed E-state index contributed by atoms with van der Waals surface area (Å²) < 4.78 is 5.21. The van der Waals surface area contributed by atoms with E-state index in [9.17, 15) is 24.3 Å². The number of aliphatic carboxylic acids is 1. The summed E-state index contributed by atoms with van der Waals surface area (Å²) in [6.45, 7) is 8.25. The van der Waals surface area contributed by atoms with E-state index in [4.69, 9.17) is 9.84 Å². The summed E-state index contributed by atoms with van der Waals surface area (Å²) in [4.78, 5) is 47.0. The molecule has 1 atom stereocenters. The number of carboxylic acid groups (broad SMARTS) is 1. The van der Waals surface area contributed by atoms with Gasteiger partial charge in [0.05, 0.1) is 19.4 Å². The fourth-order valence-corrected chi connectivity index (χ4v) is 3.43. The average molecular weight is 467 g/mol. The van der Waals surface area contributed by atoms with Gasteiger partial charge >= 0.3 is 11.9 Å². The predicted octanol–water partition coefficient (Wildman–Crippen LogP) is 4.33. The van der Waals surface area contributed by atoms with Crippen LogP contribution in [0.1, 0.15) is 77.8 Å². The van der Waals surface area contributed by atoms with Crippen molar-refractivity contribution >= 4 is 23.5 Å². The monoisotopic (exact) mass is 466 g/mol. The van der Waals surface area contributed by atoms with Gasteiger partial charge in [0, 0.05) is 17.0 Å². The second kappa shape index (κ2) is 11.5. The fraction of sp³-hybridized carbons (Fsp3) is 0.333. The van der Waals surface area contributed by atoms with Crippen molar-refractivity contribution in [2.24, 2.45) is 0 Å². The van der Waals surface area contributed by atoms with Crippen LogP contribution < -0.4 is 0 Å². The number of carbonyl (C=O) groups excluding carboxylic acids is 3. The van der Waals surface area contributed by atoms with Gasteiger partial charge in [-0.25, -0.2) is 0 Å². The van der Waals surface area contributed by atoms with Crippen LogP contribution >= 0.6 is 0 Å². The number of ether oxygens (including phenoxy) is 1. The molecule has 0 aliphatic heterocycles. The van der Waals surface area contributed by atoms with Crippen LogP contribution in [0.5, 0.6) is 0 Å². The maximum Gasteiger partial charge on any atom is 0.306 e. The summed E-state index contributed by atoms with van der Waals surface area (Å²) in [6, 6.07) is 13.9. The average Bonchev–Trinajstić information content (AvgIpc) is 2.79. The molecule has 0 saturated carbocycles. The topological polar surface area (TPSA) is 118 Å². The van der Waals surface area contributed by atoms with Crippen molar-refractivity contribution in [3.8, 4) is 0 Å². The molecule has 0 saturated heterocycles. The quantitative estimate of drug-likeness (QED) is 0.272. The molecule has 2 aromatic rings. The standard InChI is InChI=1S/C27H30O7/c1-17(2)25(31)20-9-5-18(6-10-20)22(15-16-34-24(30)14-13-23(28)29)19-7-11-21(12-8-19)26(32)27(3,4)33/h5-12,22,33H,1,13-16H2,2-4H3,(H,28,29). The Hall–Kier alpha value is -3.58. The number of ketones is 2. The maximum atomic E-state index is 12.3. The number of esters is 1. The first-order valence-electron chi connectivity index (χ1n) is 10.9. The summed E-state index contributed by atoms with van der Waals surface area (Å²) in [5.41, 5.74) is 1.56. The van der Waals surface area contributed by atoms with E-state index < -0.39 is 23.3 Å². The lowest BCUT2D eigenvalue weighted by Gasteiger charge is -2.20. The molecule has 180 valence electrons. The number of aliphatic hydroxyl groups is 1. The third-order valence-corrected chi connectivity index (χ3v) is 5.31. The molecule has 7 nitrogen and oxygen atoms in total. The van der Waals surface area contributed by atoms with Gasteiger partial charge in [-0.2, -0.15) is 0 Å². The van der Waals surface area contributed by atoms with Gasteiger partial charge in [0.15, 0.2) is 11.6 Å². The molecule has 0 heterocycles. The van der Waals surface area contributed by atoms with Gasteiger partial charge in [0.2, 0.25) is 0 Å². The highest BCUT2D eigenvalue weighted by molar-refractivity contribution is 6.07. The minimum absolute atomic E-state index is 0.0694. The van der Waals surface area contributed by atoms with Crippen molar-refractivity contribution < 1.29 is 34.1 Å². The van der Waals surface area contributed by atoms with Crippen molar-refractivity contribution in [2.75, 3.05) is 6.61 Å². The minimum Gasteiger partial charge on any atom is -0.481 e. The number of hydrogen-bond donors (Lipinski definition) is 2. The molecule has 0 amide bonds. The Morgan fingerprint density at radius 3 is 1.85 bits per heavy atom. The molecule has 0 aromatic heterocycles. The van der Waals surface area contributed by atoms with Crippen LogP contribution in [0.25, 0.3) is 0 Å². The van der Waals surface area contributed by atoms with E-state index in [0.29, 0.717) is 23.1 Å². The van der Waals surface area contributed by atoms with Crippen LogP contribution in [-0.4, -0.2) is 45.9 Å². The smallest absolute Gasteiger partial charge is 0.306 e. The summed E-state index contributed by atoms with van der Waals surface area (Å²) in [6.07, 6.45) is -0.0893. The number of rotatable bonds is 12. The second-order valence-corrected chi connectivity index (χ2v) is 8.70. The molecule has 7 heteroatoms. The van der Waals surface area contributed by atoms with Gasteiger partial charge in [0.1, 0.15) is 5.60 Å². The minimum atomic E-state index is -1.49. The van der Waals surface area contributed by atoms with Crippen LogP contribution in [0.15, 0.2) is 60.7 Å². The summed E-state index contributed by atoms with van der Waals surface area (Å²) >= 11 is 0. The Morgan fingerprint density at radius 1 is 0.912 bits per heavy atom. The van der Waals surface area contributed by atoms with Gasteiger partial charge in [-0.1, -0.05) is 55.1 Å². The van der Waals surface area contributed by atoms with E-state index in [1.165, 1.54) is 13.8 Å². The molecule has 0 bridgehead atoms. The number of carboxylic acids is 1. The molecular formula is C27H30O7. The molecule has 2 aromatic carbocycles. The van der Waals surface area contributed by atoms with Crippen molar-refractivity contribution in [3.63, 3.8) is 0 Å². The van der Waals surface area contributed by atoms with Crippen molar-refractivity contribution in [1.29, 1.82) is 0 Å². The molecule has 0 aliphatic carbocycles. The number of hydrogen-bond acceptors (Lipinski definition) is 6. The van der Waals surface area contributed by atoms with Gasteiger partial charge < -0.3 is 14.9 Å². The fourth-order valence-electron chi connectivity index (χ4n) is 3.43. The Morgan fingerprint density at radius 2 is 1.41 bits per heavy atom. The summed E-state index contributed by atoms with van der Waals surface area (Å²) in [5, 5.41) is 18.7. The molecule has 1 unspecified atom stereocenters. The lowest BCUT2D eigenvalue weighted by atomic mass is 9.86. The van der Waals surface area contributed by atoms with E-state index in [1.807, 2.05) is 12.1 Å². The van der Waals surface area contributed by atoms with Crippen molar-refractivity contribution in [3.05, 3.63) is 82.9 Å². The van der Waals surface area contributed by atoms with Gasteiger partial charge in [-0.15, -0.1) is 0 Å². The first-order chi connectivity index (χ1) is 15.9. The van der Waals surface area contributed by atoms with Crippen molar-refractivity contribution in [1.82, 2.24) is 0 Å². The molecular weight excluding hydrogens is 436 g/mol. The number of carbonyl (C=O) groups is 4. The van der Waals surface area contributed by atoms with Crippen LogP contribution in [0.2, 0.25) is 0 Å². The van der Waals surface area contributed by atoms with Crippen molar-refractivity contribution in [2.45, 2.75) is 51.6 Å². The highest BCUT2D eigenvalue weighted by Crippen LogP contribution is 2.29. The zero-order valence-corrected chi connectivity index (χ0v) is 19.7. The van der Waals surface area contributed by atoms with Crippen LogP contribution in [0, 0.1) is 0 Å². The number of allylic oxidation sites excluding steroid dienone is 1. The lowest BCUT2D eigenvalue weighted by Crippen LogP contribution is -2.31. The van der Waals surface area contributed by atoms with Gasteiger partial charge in [0.25, 0.3) is 0 Å². The molecule has 2 rings (SSSR count). The normalized spacial score (nSPS) is 12.0. The number of benzene rings is 2. The van der Waals surface area contributed by atoms with Gasteiger partial charge in [-0.05, 0) is 43.9 Å². The molecule has 34 heavy (non-hydrogen) atoms. The number of Topliss-reactive ketones (excluding diaryl/α,β-unsaturated/α-hetero) is 2. The SMILES string of the molecule is C=C(C)C(=O)c1ccc(C(CCOC(=O)CCC(=O)O)c2ccc(C(=O)C(C)(C)O)cc2)cc1. The Balaban J connectivity index is 2.26. The molecule has 0 spiro atoms. The zero-order chi connectivity index (χ0) is 25.5. The van der Waals surface area contributed by atoms with Crippen LogP contribution in [-0.2, 0) is 14.3 Å². The Bertz CT molecular complexity index is 1060.